The van der Waals surface area contributed by atoms with Gasteiger partial charge in [-0.2, -0.15) is 5.10 Å². The van der Waals surface area contributed by atoms with Crippen LogP contribution in [0.25, 0.3) is 0 Å². The Balaban J connectivity index is 1.37. The number of carbonyl (C=O) groups is 1. The van der Waals surface area contributed by atoms with Crippen LogP contribution < -0.4 is 14.9 Å². The first kappa shape index (κ1) is 18.7. The van der Waals surface area contributed by atoms with Gasteiger partial charge in [-0.3, -0.25) is 4.79 Å². The number of hydrogen-bond acceptors (Lipinski definition) is 6. The zero-order valence-electron chi connectivity index (χ0n) is 15.4. The lowest BCUT2D eigenvalue weighted by atomic mass is 10.2. The van der Waals surface area contributed by atoms with Crippen LogP contribution in [0.3, 0.4) is 0 Å². The summed E-state index contributed by atoms with van der Waals surface area (Å²) in [6, 6.07) is 11.6. The topological polar surface area (TPSA) is 59.9 Å². The summed E-state index contributed by atoms with van der Waals surface area (Å²) in [6.45, 7) is 0.502. The Morgan fingerprint density at radius 1 is 1.25 bits per heavy atom. The molecule has 144 valence electrons. The molecule has 0 bridgehead atoms. The van der Waals surface area contributed by atoms with E-state index in [2.05, 4.69) is 10.5 Å². The lowest BCUT2D eigenvalue weighted by Gasteiger charge is -2.10. The van der Waals surface area contributed by atoms with Crippen molar-refractivity contribution < 1.29 is 14.3 Å². The largest absolute Gasteiger partial charge is 0.493 e. The SMILES string of the molecule is COc1cc(/C=N\NC(=O)c2cc3c(s2)CCC3)ccc1OCc1cccs1. The van der Waals surface area contributed by atoms with Gasteiger partial charge in [0, 0.05) is 9.75 Å². The van der Waals surface area contributed by atoms with Gasteiger partial charge >= 0.3 is 0 Å². The number of ether oxygens (including phenoxy) is 2. The first-order valence-electron chi connectivity index (χ1n) is 9.01. The minimum absolute atomic E-state index is 0.168. The van der Waals surface area contributed by atoms with Crippen LogP contribution in [0, 0.1) is 0 Å². The van der Waals surface area contributed by atoms with Crippen LogP contribution in [0.1, 0.15) is 37.0 Å². The van der Waals surface area contributed by atoms with Crippen LogP contribution in [0.2, 0.25) is 0 Å². The number of benzene rings is 1. The number of hydrogen-bond donors (Lipinski definition) is 1. The summed E-state index contributed by atoms with van der Waals surface area (Å²) >= 11 is 3.22. The van der Waals surface area contributed by atoms with Gasteiger partial charge in [0.1, 0.15) is 6.61 Å². The number of rotatable bonds is 7. The highest BCUT2D eigenvalue weighted by Gasteiger charge is 2.18. The molecular weight excluding hydrogens is 392 g/mol. The van der Waals surface area contributed by atoms with Crippen molar-refractivity contribution in [3.8, 4) is 11.5 Å². The summed E-state index contributed by atoms with van der Waals surface area (Å²) in [7, 11) is 1.60. The number of nitrogens with zero attached hydrogens (tertiary/aromatic N) is 1. The molecule has 0 spiro atoms. The van der Waals surface area contributed by atoms with Crippen molar-refractivity contribution >= 4 is 34.8 Å². The second-order valence-corrected chi connectivity index (χ2v) is 8.56. The van der Waals surface area contributed by atoms with E-state index in [0.717, 1.165) is 28.2 Å². The summed E-state index contributed by atoms with van der Waals surface area (Å²) in [5.41, 5.74) is 4.72. The molecule has 0 radical (unpaired) electrons. The number of hydrazone groups is 1. The van der Waals surface area contributed by atoms with Crippen LogP contribution in [0.5, 0.6) is 11.5 Å². The molecule has 4 rings (SSSR count). The average Bonchev–Trinajstić information content (AvgIpc) is 3.44. The van der Waals surface area contributed by atoms with Crippen molar-refractivity contribution in [3.63, 3.8) is 0 Å². The Bertz CT molecular complexity index is 972. The smallest absolute Gasteiger partial charge is 0.281 e. The predicted octanol–water partition coefficient (Wildman–Crippen LogP) is 4.65. The fourth-order valence-electron chi connectivity index (χ4n) is 3.09. The van der Waals surface area contributed by atoms with E-state index in [4.69, 9.17) is 9.47 Å². The minimum atomic E-state index is -0.168. The molecule has 5 nitrogen and oxygen atoms in total. The Morgan fingerprint density at radius 3 is 2.96 bits per heavy atom. The minimum Gasteiger partial charge on any atom is -0.493 e. The molecule has 1 aromatic carbocycles. The van der Waals surface area contributed by atoms with E-state index >= 15 is 0 Å². The lowest BCUT2D eigenvalue weighted by Crippen LogP contribution is -2.16. The van der Waals surface area contributed by atoms with E-state index < -0.39 is 0 Å². The highest BCUT2D eigenvalue weighted by molar-refractivity contribution is 7.14. The summed E-state index contributed by atoms with van der Waals surface area (Å²) in [4.78, 5) is 15.5. The van der Waals surface area contributed by atoms with Gasteiger partial charge in [0.25, 0.3) is 5.91 Å². The van der Waals surface area contributed by atoms with E-state index in [9.17, 15) is 4.79 Å². The molecule has 0 fully saturated rings. The highest BCUT2D eigenvalue weighted by atomic mass is 32.1. The summed E-state index contributed by atoms with van der Waals surface area (Å²) in [5, 5.41) is 6.10. The molecule has 3 aromatic rings. The van der Waals surface area contributed by atoms with Crippen LogP contribution >= 0.6 is 22.7 Å². The summed E-state index contributed by atoms with van der Waals surface area (Å²) < 4.78 is 11.2. The zero-order chi connectivity index (χ0) is 19.3. The Kier molecular flexibility index (Phi) is 5.73. The van der Waals surface area contributed by atoms with Crippen LogP contribution in [0.4, 0.5) is 0 Å². The maximum atomic E-state index is 12.3. The van der Waals surface area contributed by atoms with Crippen LogP contribution in [-0.2, 0) is 19.4 Å². The molecule has 1 amide bonds. The normalized spacial score (nSPS) is 12.9. The third-order valence-corrected chi connectivity index (χ3v) is 6.57. The Labute approximate surface area is 171 Å². The molecule has 0 unspecified atom stereocenters. The third kappa shape index (κ3) is 4.26. The van der Waals surface area contributed by atoms with Gasteiger partial charge < -0.3 is 9.47 Å². The first-order chi connectivity index (χ1) is 13.7. The molecule has 0 atom stereocenters. The van der Waals surface area contributed by atoms with E-state index in [1.54, 1.807) is 36.0 Å². The van der Waals surface area contributed by atoms with Crippen molar-refractivity contribution in [3.05, 3.63) is 67.5 Å². The fourth-order valence-corrected chi connectivity index (χ4v) is 4.85. The molecule has 1 aliphatic rings. The van der Waals surface area contributed by atoms with Crippen molar-refractivity contribution in [2.24, 2.45) is 5.10 Å². The van der Waals surface area contributed by atoms with E-state index in [-0.39, 0.29) is 5.91 Å². The molecule has 28 heavy (non-hydrogen) atoms. The van der Waals surface area contributed by atoms with E-state index in [0.29, 0.717) is 18.1 Å². The summed E-state index contributed by atoms with van der Waals surface area (Å²) in [6.07, 6.45) is 4.95. The number of thiophene rings is 2. The van der Waals surface area contributed by atoms with E-state index in [1.165, 1.54) is 16.9 Å². The molecule has 0 saturated heterocycles. The predicted molar refractivity (Wildman–Crippen MR) is 113 cm³/mol. The van der Waals surface area contributed by atoms with Crippen molar-refractivity contribution in [1.82, 2.24) is 5.43 Å². The van der Waals surface area contributed by atoms with Crippen molar-refractivity contribution in [1.29, 1.82) is 0 Å². The molecule has 0 saturated carbocycles. The number of carbonyl (C=O) groups excluding carboxylic acids is 1. The monoisotopic (exact) mass is 412 g/mol. The molecule has 2 heterocycles. The number of aryl methyl sites for hydroxylation is 2. The van der Waals surface area contributed by atoms with Gasteiger partial charge in [0.15, 0.2) is 11.5 Å². The Morgan fingerprint density at radius 2 is 2.18 bits per heavy atom. The van der Waals surface area contributed by atoms with Gasteiger partial charge in [0.05, 0.1) is 18.2 Å². The molecule has 0 aliphatic heterocycles. The Hall–Kier alpha value is -2.64. The second-order valence-electron chi connectivity index (χ2n) is 6.39. The molecular formula is C21H20N2O3S2. The molecule has 1 N–H and O–H groups in total. The van der Waals surface area contributed by atoms with Crippen LogP contribution in [0.15, 0.2) is 46.9 Å². The quantitative estimate of drug-likeness (QED) is 0.454. The first-order valence-corrected chi connectivity index (χ1v) is 10.7. The highest BCUT2D eigenvalue weighted by Crippen LogP contribution is 2.31. The van der Waals surface area contributed by atoms with Crippen molar-refractivity contribution in [2.75, 3.05) is 7.11 Å². The fraction of sp³-hybridized carbons (Fsp3) is 0.238. The third-order valence-electron chi connectivity index (χ3n) is 4.49. The summed E-state index contributed by atoms with van der Waals surface area (Å²) in [5.74, 6) is 1.13. The van der Waals surface area contributed by atoms with Gasteiger partial charge in [-0.05, 0) is 66.1 Å². The van der Waals surface area contributed by atoms with Gasteiger partial charge in [0.2, 0.25) is 0 Å². The number of fused-ring (bicyclic) bond motifs is 1. The molecule has 7 heteroatoms. The molecule has 1 aliphatic carbocycles. The number of nitrogens with one attached hydrogen (secondary N) is 1. The zero-order valence-corrected chi connectivity index (χ0v) is 17.1. The maximum absolute atomic E-state index is 12.3. The van der Waals surface area contributed by atoms with E-state index in [1.807, 2.05) is 41.8 Å². The van der Waals surface area contributed by atoms with Crippen molar-refractivity contribution in [2.45, 2.75) is 25.9 Å². The van der Waals surface area contributed by atoms with Crippen LogP contribution in [-0.4, -0.2) is 19.2 Å². The maximum Gasteiger partial charge on any atom is 0.281 e. The standard InChI is InChI=1S/C21H20N2O3S2/c1-25-18-10-14(7-8-17(18)26-13-16-5-3-9-27-16)12-22-23-21(24)20-11-15-4-2-6-19(15)28-20/h3,5,7-12H,2,4,6,13H2,1H3,(H,23,24)/b22-12-. The van der Waals surface area contributed by atoms with Gasteiger partial charge in [-0.15, -0.1) is 22.7 Å². The lowest BCUT2D eigenvalue weighted by molar-refractivity contribution is 0.0959. The van der Waals surface area contributed by atoms with Gasteiger partial charge in [-0.1, -0.05) is 6.07 Å². The van der Waals surface area contributed by atoms with Gasteiger partial charge in [-0.25, -0.2) is 5.43 Å². The number of methoxy groups -OCH3 is 1. The molecule has 2 aromatic heterocycles. The number of amides is 1. The second kappa shape index (κ2) is 8.58. The average molecular weight is 413 g/mol.